The zero-order chi connectivity index (χ0) is 30.1. The van der Waals surface area contributed by atoms with Gasteiger partial charge in [0.15, 0.2) is 0 Å². The summed E-state index contributed by atoms with van der Waals surface area (Å²) >= 11 is 0. The first-order valence-electron chi connectivity index (χ1n) is 16.0. The van der Waals surface area contributed by atoms with Crippen LogP contribution in [0.15, 0.2) is 0 Å². The maximum absolute atomic E-state index is 11.3. The van der Waals surface area contributed by atoms with Crippen LogP contribution in [0.1, 0.15) is 119 Å². The van der Waals surface area contributed by atoms with Crippen molar-refractivity contribution in [2.45, 2.75) is 136 Å². The summed E-state index contributed by atoms with van der Waals surface area (Å²) in [4.78, 5) is 22.2. The van der Waals surface area contributed by atoms with Crippen molar-refractivity contribution in [2.24, 2.45) is 29.6 Å². The van der Waals surface area contributed by atoms with Gasteiger partial charge in [-0.05, 0) is 75.0 Å². The van der Waals surface area contributed by atoms with Gasteiger partial charge in [0.1, 0.15) is 0 Å². The van der Waals surface area contributed by atoms with Gasteiger partial charge in [0, 0.05) is 19.2 Å². The first kappa shape index (κ1) is 36.5. The predicted molar refractivity (Wildman–Crippen MR) is 161 cm³/mol. The molecule has 8 nitrogen and oxygen atoms in total. The highest BCUT2D eigenvalue weighted by atomic mass is 16.5. The van der Waals surface area contributed by atoms with Crippen LogP contribution in [0.2, 0.25) is 0 Å². The van der Waals surface area contributed by atoms with E-state index in [1.165, 1.54) is 52.1 Å². The lowest BCUT2D eigenvalue weighted by atomic mass is 9.70. The quantitative estimate of drug-likeness (QED) is 0.302. The minimum absolute atomic E-state index is 0.255. The summed E-state index contributed by atoms with van der Waals surface area (Å²) in [5, 5.41) is 16.2. The van der Waals surface area contributed by atoms with Crippen LogP contribution in [-0.2, 0) is 14.2 Å². The van der Waals surface area contributed by atoms with Gasteiger partial charge in [0.25, 0.3) is 0 Å². The van der Waals surface area contributed by atoms with Gasteiger partial charge in [-0.2, -0.15) is 0 Å². The normalized spacial score (nSPS) is 30.2. The minimum atomic E-state index is -0.554. The van der Waals surface area contributed by atoms with Crippen LogP contribution in [0.3, 0.4) is 0 Å². The van der Waals surface area contributed by atoms with Crippen LogP contribution in [0.25, 0.3) is 0 Å². The summed E-state index contributed by atoms with van der Waals surface area (Å²) in [6.45, 7) is 13.8. The molecule has 0 aromatic rings. The van der Waals surface area contributed by atoms with Gasteiger partial charge in [0.05, 0.1) is 25.9 Å². The molecule has 3 rings (SSSR count). The second kappa shape index (κ2) is 19.6. The molecule has 0 spiro atoms. The van der Waals surface area contributed by atoms with Crippen LogP contribution in [0.4, 0.5) is 9.59 Å². The SMILES string of the molecule is CCOC(=O)NC1CCCCC1C(C)C.COC(=O)NC1CCCCC1C.COCC1(O)CCCCC1C(C)C. The van der Waals surface area contributed by atoms with Crippen molar-refractivity contribution in [2.75, 3.05) is 27.4 Å². The van der Waals surface area contributed by atoms with E-state index in [1.807, 2.05) is 6.92 Å². The third kappa shape index (κ3) is 13.0. The van der Waals surface area contributed by atoms with Gasteiger partial charge in [-0.25, -0.2) is 9.59 Å². The Bertz CT molecular complexity index is 699. The fraction of sp³-hybridized carbons (Fsp3) is 0.938. The maximum atomic E-state index is 11.3. The molecular formula is C32H62N2O6. The van der Waals surface area contributed by atoms with Crippen molar-refractivity contribution in [3.05, 3.63) is 0 Å². The molecule has 40 heavy (non-hydrogen) atoms. The van der Waals surface area contributed by atoms with Crippen LogP contribution < -0.4 is 10.6 Å². The number of aliphatic hydroxyl groups is 1. The number of hydrogen-bond donors (Lipinski definition) is 3. The summed E-state index contributed by atoms with van der Waals surface area (Å²) in [6.07, 6.45) is 13.6. The van der Waals surface area contributed by atoms with E-state index in [0.717, 1.165) is 32.1 Å². The van der Waals surface area contributed by atoms with Crippen LogP contribution in [-0.4, -0.2) is 62.4 Å². The van der Waals surface area contributed by atoms with E-state index in [1.54, 1.807) is 7.11 Å². The largest absolute Gasteiger partial charge is 0.453 e. The zero-order valence-electron chi connectivity index (χ0n) is 26.9. The van der Waals surface area contributed by atoms with Crippen molar-refractivity contribution in [1.82, 2.24) is 10.6 Å². The molecular weight excluding hydrogens is 508 g/mol. The van der Waals surface area contributed by atoms with Crippen molar-refractivity contribution >= 4 is 12.2 Å². The minimum Gasteiger partial charge on any atom is -0.453 e. The van der Waals surface area contributed by atoms with Crippen molar-refractivity contribution in [3.63, 3.8) is 0 Å². The van der Waals surface area contributed by atoms with Gasteiger partial charge in [-0.15, -0.1) is 0 Å². The molecule has 6 atom stereocenters. The molecule has 8 heteroatoms. The third-order valence-electron chi connectivity index (χ3n) is 9.12. The second-order valence-electron chi connectivity index (χ2n) is 12.8. The molecule has 0 aromatic carbocycles. The lowest BCUT2D eigenvalue weighted by Crippen LogP contribution is -2.46. The Morgan fingerprint density at radius 1 is 0.825 bits per heavy atom. The second-order valence-corrected chi connectivity index (χ2v) is 12.8. The number of methoxy groups -OCH3 is 2. The number of ether oxygens (including phenoxy) is 3. The molecule has 3 saturated carbocycles. The Labute approximate surface area is 245 Å². The average Bonchev–Trinajstić information content (AvgIpc) is 2.91. The standard InChI is InChI=1S/C12H23NO2.C11H22O2.C9H17NO2/c1-4-15-12(14)13-11-8-6-5-7-10(11)9(2)3;1-9(2)10-6-4-5-7-11(10,12)8-13-3;1-7-5-3-4-6-8(7)10-9(11)12-2/h9-11H,4-8H2,1-3H3,(H,13,14);9-10,12H,4-8H2,1-3H3;7-8H,3-6H2,1-2H3,(H,10,11). The molecule has 6 unspecified atom stereocenters. The molecule has 3 aliphatic carbocycles. The molecule has 0 saturated heterocycles. The van der Waals surface area contributed by atoms with Gasteiger partial charge < -0.3 is 30.0 Å². The summed E-state index contributed by atoms with van der Waals surface area (Å²) in [7, 11) is 3.08. The van der Waals surface area contributed by atoms with E-state index in [0.29, 0.717) is 54.9 Å². The molecule has 3 aliphatic rings. The van der Waals surface area contributed by atoms with E-state index >= 15 is 0 Å². The highest BCUT2D eigenvalue weighted by molar-refractivity contribution is 5.67. The van der Waals surface area contributed by atoms with Gasteiger partial charge >= 0.3 is 12.2 Å². The molecule has 0 heterocycles. The van der Waals surface area contributed by atoms with Crippen molar-refractivity contribution < 1.29 is 28.9 Å². The first-order valence-corrected chi connectivity index (χ1v) is 16.0. The third-order valence-corrected chi connectivity index (χ3v) is 9.12. The van der Waals surface area contributed by atoms with E-state index in [-0.39, 0.29) is 12.2 Å². The molecule has 236 valence electrons. The summed E-state index contributed by atoms with van der Waals surface area (Å²) in [5.74, 6) is 2.82. The monoisotopic (exact) mass is 570 g/mol. The number of carbonyl (C=O) groups excluding carboxylic acids is 2. The van der Waals surface area contributed by atoms with Crippen LogP contribution in [0.5, 0.6) is 0 Å². The van der Waals surface area contributed by atoms with Crippen LogP contribution in [0, 0.1) is 29.6 Å². The van der Waals surface area contributed by atoms with E-state index in [4.69, 9.17) is 9.47 Å². The number of nitrogens with one attached hydrogen (secondary N) is 2. The fourth-order valence-corrected chi connectivity index (χ4v) is 6.83. The summed E-state index contributed by atoms with van der Waals surface area (Å²) < 4.78 is 14.6. The fourth-order valence-electron chi connectivity index (χ4n) is 6.83. The first-order chi connectivity index (χ1) is 19.0. The Balaban J connectivity index is 0.000000302. The Morgan fingerprint density at radius 2 is 1.40 bits per heavy atom. The highest BCUT2D eigenvalue weighted by Crippen LogP contribution is 2.38. The van der Waals surface area contributed by atoms with E-state index < -0.39 is 5.60 Å². The smallest absolute Gasteiger partial charge is 0.407 e. The van der Waals surface area contributed by atoms with Gasteiger partial charge in [-0.3, -0.25) is 0 Å². The van der Waals surface area contributed by atoms with Crippen molar-refractivity contribution in [1.29, 1.82) is 0 Å². The number of hydrogen-bond acceptors (Lipinski definition) is 6. The predicted octanol–water partition coefficient (Wildman–Crippen LogP) is 7.08. The van der Waals surface area contributed by atoms with Gasteiger partial charge in [-0.1, -0.05) is 73.1 Å². The molecule has 0 aromatic heterocycles. The Hall–Kier alpha value is -1.54. The summed E-state index contributed by atoms with van der Waals surface area (Å²) in [6, 6.07) is 0.643. The van der Waals surface area contributed by atoms with E-state index in [9.17, 15) is 14.7 Å². The number of carbonyl (C=O) groups is 2. The zero-order valence-corrected chi connectivity index (χ0v) is 26.9. The molecule has 3 N–H and O–H groups in total. The topological polar surface area (TPSA) is 106 Å². The number of rotatable bonds is 7. The number of amides is 2. The summed E-state index contributed by atoms with van der Waals surface area (Å²) in [5.41, 5.74) is -0.554. The van der Waals surface area contributed by atoms with Gasteiger partial charge in [0.2, 0.25) is 0 Å². The maximum Gasteiger partial charge on any atom is 0.407 e. The van der Waals surface area contributed by atoms with Crippen LogP contribution >= 0.6 is 0 Å². The average molecular weight is 571 g/mol. The Morgan fingerprint density at radius 3 is 1.95 bits per heavy atom. The van der Waals surface area contributed by atoms with Crippen molar-refractivity contribution in [3.8, 4) is 0 Å². The van der Waals surface area contributed by atoms with E-state index in [2.05, 4.69) is 50.0 Å². The number of alkyl carbamates (subject to hydrolysis) is 2. The molecule has 2 amide bonds. The lowest BCUT2D eigenvalue weighted by molar-refractivity contribution is -0.109. The Kier molecular flexibility index (Phi) is 17.8. The lowest BCUT2D eigenvalue weighted by Gasteiger charge is -2.41. The molecule has 0 bridgehead atoms. The highest BCUT2D eigenvalue weighted by Gasteiger charge is 2.40. The molecule has 3 fully saturated rings. The molecule has 0 aliphatic heterocycles. The molecule has 0 radical (unpaired) electrons.